The van der Waals surface area contributed by atoms with Gasteiger partial charge in [0, 0.05) is 51.5 Å². The lowest BCUT2D eigenvalue weighted by Gasteiger charge is -2.44. The fraction of sp³-hybridized carbons (Fsp3) is 0.483. The van der Waals surface area contributed by atoms with E-state index < -0.39 is 11.6 Å². The maximum atomic E-state index is 13.4. The fourth-order valence-electron chi connectivity index (χ4n) is 5.97. The zero-order valence-corrected chi connectivity index (χ0v) is 23.4. The SMILES string of the molecule is C=CC(=O)N1CCC1C(=O)N1CCC(O)(Cn2cnc3c(cnn3-c3ccc(N4CCN(C)CC4)cc3)c2=O)CC1. The Morgan fingerprint density at radius 2 is 1.73 bits per heavy atom. The molecule has 0 radical (unpaired) electrons. The second kappa shape index (κ2) is 10.7. The Bertz CT molecular complexity index is 1510. The molecule has 3 saturated heterocycles. The lowest BCUT2D eigenvalue weighted by atomic mass is 9.90. The van der Waals surface area contributed by atoms with Crippen LogP contribution in [0.4, 0.5) is 5.69 Å². The Morgan fingerprint density at radius 3 is 2.37 bits per heavy atom. The Kier molecular flexibility index (Phi) is 7.12. The monoisotopic (exact) mass is 560 g/mol. The summed E-state index contributed by atoms with van der Waals surface area (Å²) in [6.45, 7) is 8.87. The van der Waals surface area contributed by atoms with Gasteiger partial charge >= 0.3 is 0 Å². The van der Waals surface area contributed by atoms with E-state index in [4.69, 9.17) is 0 Å². The van der Waals surface area contributed by atoms with Crippen LogP contribution in [0.25, 0.3) is 16.7 Å². The summed E-state index contributed by atoms with van der Waals surface area (Å²) in [5.41, 5.74) is 1.02. The van der Waals surface area contributed by atoms with Gasteiger partial charge in [-0.3, -0.25) is 19.0 Å². The second-order valence-corrected chi connectivity index (χ2v) is 11.4. The number of fused-ring (bicyclic) bond motifs is 1. The first-order valence-corrected chi connectivity index (χ1v) is 14.2. The number of benzene rings is 1. The third-order valence-corrected chi connectivity index (χ3v) is 8.75. The Balaban J connectivity index is 1.12. The molecule has 0 spiro atoms. The first-order chi connectivity index (χ1) is 19.8. The van der Waals surface area contributed by atoms with E-state index in [1.54, 1.807) is 9.58 Å². The van der Waals surface area contributed by atoms with Crippen molar-refractivity contribution in [1.82, 2.24) is 34.0 Å². The van der Waals surface area contributed by atoms with E-state index in [1.807, 2.05) is 12.1 Å². The minimum atomic E-state index is -1.15. The van der Waals surface area contributed by atoms with Gasteiger partial charge in [0.1, 0.15) is 17.8 Å². The van der Waals surface area contributed by atoms with Crippen molar-refractivity contribution in [2.24, 2.45) is 0 Å². The maximum absolute atomic E-state index is 13.4. The largest absolute Gasteiger partial charge is 0.388 e. The molecule has 216 valence electrons. The zero-order valence-electron chi connectivity index (χ0n) is 23.4. The number of likely N-dealkylation sites (tertiary alicyclic amines) is 2. The average molecular weight is 561 g/mol. The number of rotatable bonds is 6. The van der Waals surface area contributed by atoms with Crippen LogP contribution in [0.3, 0.4) is 0 Å². The van der Waals surface area contributed by atoms with Gasteiger partial charge in [-0.25, -0.2) is 9.67 Å². The second-order valence-electron chi connectivity index (χ2n) is 11.4. The normalized spacial score (nSPS) is 21.1. The Hall–Kier alpha value is -4.03. The summed E-state index contributed by atoms with van der Waals surface area (Å²) in [6.07, 6.45) is 5.49. The highest BCUT2D eigenvalue weighted by atomic mass is 16.3. The number of piperidine rings is 1. The lowest BCUT2D eigenvalue weighted by Crippen LogP contribution is -2.60. The van der Waals surface area contributed by atoms with Crippen molar-refractivity contribution < 1.29 is 14.7 Å². The molecule has 3 aromatic rings. The highest BCUT2D eigenvalue weighted by Crippen LogP contribution is 2.28. The van der Waals surface area contributed by atoms with Crippen molar-refractivity contribution in [1.29, 1.82) is 0 Å². The summed E-state index contributed by atoms with van der Waals surface area (Å²) in [5.74, 6) is -0.339. The van der Waals surface area contributed by atoms with Crippen LogP contribution >= 0.6 is 0 Å². The Morgan fingerprint density at radius 1 is 1.05 bits per heavy atom. The number of likely N-dealkylation sites (N-methyl/N-ethyl adjacent to an activating group) is 1. The highest BCUT2D eigenvalue weighted by molar-refractivity contribution is 5.94. The van der Waals surface area contributed by atoms with Crippen LogP contribution in [-0.4, -0.2) is 115 Å². The number of carbonyl (C=O) groups is 2. The molecule has 2 amide bonds. The van der Waals surface area contributed by atoms with Gasteiger partial charge in [0.25, 0.3) is 5.56 Å². The third-order valence-electron chi connectivity index (χ3n) is 8.75. The number of aliphatic hydroxyl groups is 1. The molecule has 5 heterocycles. The molecule has 3 fully saturated rings. The quantitative estimate of drug-likeness (QED) is 0.433. The van der Waals surface area contributed by atoms with E-state index >= 15 is 0 Å². The smallest absolute Gasteiger partial charge is 0.264 e. The summed E-state index contributed by atoms with van der Waals surface area (Å²) in [5, 5.41) is 16.1. The van der Waals surface area contributed by atoms with Crippen LogP contribution in [0.5, 0.6) is 0 Å². The minimum Gasteiger partial charge on any atom is -0.388 e. The van der Waals surface area contributed by atoms with E-state index in [1.165, 1.54) is 28.1 Å². The molecular weight excluding hydrogens is 524 g/mol. The molecule has 12 heteroatoms. The highest BCUT2D eigenvalue weighted by Gasteiger charge is 2.42. The zero-order chi connectivity index (χ0) is 28.7. The first kappa shape index (κ1) is 27.2. The van der Waals surface area contributed by atoms with Crippen molar-refractivity contribution in [3.05, 3.63) is 59.8 Å². The summed E-state index contributed by atoms with van der Waals surface area (Å²) in [4.78, 5) is 50.7. The number of amides is 2. The van der Waals surface area contributed by atoms with Crippen molar-refractivity contribution in [3.63, 3.8) is 0 Å². The van der Waals surface area contributed by atoms with E-state index in [-0.39, 0.29) is 23.9 Å². The summed E-state index contributed by atoms with van der Waals surface area (Å²) >= 11 is 0. The van der Waals surface area contributed by atoms with Gasteiger partial charge in [-0.15, -0.1) is 0 Å². The van der Waals surface area contributed by atoms with Crippen molar-refractivity contribution in [2.75, 3.05) is 57.8 Å². The number of piperazine rings is 1. The molecule has 41 heavy (non-hydrogen) atoms. The lowest BCUT2D eigenvalue weighted by molar-refractivity contribution is -0.153. The van der Waals surface area contributed by atoms with Crippen LogP contribution in [0.15, 0.2) is 54.2 Å². The molecule has 2 aromatic heterocycles. The minimum absolute atomic E-state index is 0.0756. The van der Waals surface area contributed by atoms with Gasteiger partial charge in [-0.05, 0) is 56.7 Å². The van der Waals surface area contributed by atoms with Crippen molar-refractivity contribution in [2.45, 2.75) is 37.5 Å². The summed E-state index contributed by atoms with van der Waals surface area (Å²) in [7, 11) is 2.13. The number of anilines is 1. The average Bonchev–Trinajstić information content (AvgIpc) is 3.39. The van der Waals surface area contributed by atoms with Crippen molar-refractivity contribution >= 4 is 28.5 Å². The standard InChI is InChI=1S/C29H36N8O4/c1-3-25(38)36-11-8-24(36)28(40)34-12-9-29(41,10-13-34)19-35-20-30-26-23(27(35)39)18-31-37(26)22-6-4-21(5-7-22)33-16-14-32(2)15-17-33/h3-7,18,20,24,41H,1,8-17,19H2,2H3. The van der Waals surface area contributed by atoms with E-state index in [9.17, 15) is 19.5 Å². The summed E-state index contributed by atoms with van der Waals surface area (Å²) < 4.78 is 3.09. The number of hydrogen-bond acceptors (Lipinski definition) is 8. The predicted octanol–water partition coefficient (Wildman–Crippen LogP) is 0.474. The van der Waals surface area contributed by atoms with E-state index in [0.29, 0.717) is 49.9 Å². The Labute approximate surface area is 238 Å². The van der Waals surface area contributed by atoms with Gasteiger partial charge in [-0.1, -0.05) is 6.58 Å². The molecule has 0 aliphatic carbocycles. The number of aromatic nitrogens is 4. The molecule has 1 aromatic carbocycles. The molecule has 1 N–H and O–H groups in total. The van der Waals surface area contributed by atoms with Crippen LogP contribution in [0.1, 0.15) is 19.3 Å². The fourth-order valence-corrected chi connectivity index (χ4v) is 5.97. The van der Waals surface area contributed by atoms with E-state index in [0.717, 1.165) is 37.6 Å². The molecule has 12 nitrogen and oxygen atoms in total. The van der Waals surface area contributed by atoms with Crippen LogP contribution in [-0.2, 0) is 16.1 Å². The van der Waals surface area contributed by atoms with Crippen LogP contribution in [0, 0.1) is 0 Å². The molecule has 3 aliphatic heterocycles. The summed E-state index contributed by atoms with van der Waals surface area (Å²) in [6, 6.07) is 7.66. The van der Waals surface area contributed by atoms with Crippen LogP contribution < -0.4 is 10.5 Å². The number of hydrogen-bond donors (Lipinski definition) is 1. The molecule has 1 unspecified atom stereocenters. The van der Waals surface area contributed by atoms with Gasteiger partial charge in [0.15, 0.2) is 5.65 Å². The topological polar surface area (TPSA) is 120 Å². The molecule has 3 aliphatic rings. The molecule has 0 saturated carbocycles. The first-order valence-electron chi connectivity index (χ1n) is 14.2. The maximum Gasteiger partial charge on any atom is 0.264 e. The van der Waals surface area contributed by atoms with Gasteiger partial charge in [-0.2, -0.15) is 5.10 Å². The number of carbonyl (C=O) groups excluding carboxylic acids is 2. The predicted molar refractivity (Wildman–Crippen MR) is 154 cm³/mol. The van der Waals surface area contributed by atoms with Crippen molar-refractivity contribution in [3.8, 4) is 5.69 Å². The van der Waals surface area contributed by atoms with Gasteiger partial charge < -0.3 is 24.7 Å². The third kappa shape index (κ3) is 5.13. The van der Waals surface area contributed by atoms with E-state index in [2.05, 4.69) is 45.6 Å². The molecule has 1 atom stereocenters. The number of nitrogens with zero attached hydrogens (tertiary/aromatic N) is 8. The van der Waals surface area contributed by atoms with Gasteiger partial charge in [0.2, 0.25) is 11.8 Å². The molecule has 6 rings (SSSR count). The van der Waals surface area contributed by atoms with Crippen LogP contribution in [0.2, 0.25) is 0 Å². The molecular formula is C29H36N8O4. The molecule has 0 bridgehead atoms. The van der Waals surface area contributed by atoms with Gasteiger partial charge in [0.05, 0.1) is 24.0 Å².